The summed E-state index contributed by atoms with van der Waals surface area (Å²) in [6.45, 7) is 2.71. The number of hydrogen-bond donors (Lipinski definition) is 0. The predicted molar refractivity (Wildman–Crippen MR) is 114 cm³/mol. The van der Waals surface area contributed by atoms with Crippen LogP contribution in [0.25, 0.3) is 10.2 Å². The number of methoxy groups -OCH3 is 3. The minimum atomic E-state index is -0.0323. The largest absolute Gasteiger partial charge is 0.497 e. The van der Waals surface area contributed by atoms with Crippen molar-refractivity contribution in [2.45, 2.75) is 0 Å². The minimum absolute atomic E-state index is 0.0323. The Morgan fingerprint density at radius 3 is 2.41 bits per heavy atom. The quantitative estimate of drug-likeness (QED) is 0.640. The Hall–Kier alpha value is -3.00. The zero-order valence-electron chi connectivity index (χ0n) is 16.7. The van der Waals surface area contributed by atoms with Gasteiger partial charge in [0.25, 0.3) is 5.91 Å². The van der Waals surface area contributed by atoms with E-state index in [1.54, 1.807) is 50.9 Å². The van der Waals surface area contributed by atoms with Gasteiger partial charge in [-0.15, -0.1) is 0 Å². The number of carbonyl (C=O) groups is 1. The van der Waals surface area contributed by atoms with Crippen LogP contribution in [0.3, 0.4) is 0 Å². The number of nitrogens with zero attached hydrogens (tertiary/aromatic N) is 3. The molecule has 1 aromatic heterocycles. The number of rotatable bonds is 5. The Kier molecular flexibility index (Phi) is 5.44. The third-order valence-electron chi connectivity index (χ3n) is 5.07. The number of ether oxygens (including phenoxy) is 3. The highest BCUT2D eigenvalue weighted by atomic mass is 32.1. The van der Waals surface area contributed by atoms with Crippen molar-refractivity contribution in [1.29, 1.82) is 0 Å². The van der Waals surface area contributed by atoms with Gasteiger partial charge in [-0.1, -0.05) is 17.4 Å². The number of aromatic nitrogens is 1. The summed E-state index contributed by atoms with van der Waals surface area (Å²) in [4.78, 5) is 21.8. The molecule has 1 amide bonds. The number of benzene rings is 2. The Bertz CT molecular complexity index is 1030. The lowest BCUT2D eigenvalue weighted by atomic mass is 10.1. The number of fused-ring (bicyclic) bond motifs is 1. The van der Waals surface area contributed by atoms with Gasteiger partial charge in [0.05, 0.1) is 31.6 Å². The fraction of sp³-hybridized carbons (Fsp3) is 0.333. The van der Waals surface area contributed by atoms with Gasteiger partial charge in [-0.3, -0.25) is 4.79 Å². The van der Waals surface area contributed by atoms with Gasteiger partial charge in [-0.2, -0.15) is 0 Å². The van der Waals surface area contributed by atoms with Crippen molar-refractivity contribution in [3.8, 4) is 17.2 Å². The van der Waals surface area contributed by atoms with Crippen molar-refractivity contribution in [3.63, 3.8) is 0 Å². The fourth-order valence-electron chi connectivity index (χ4n) is 3.46. The number of carbonyl (C=O) groups excluding carboxylic acids is 1. The smallest absolute Gasteiger partial charge is 0.257 e. The second kappa shape index (κ2) is 8.16. The Morgan fingerprint density at radius 2 is 1.72 bits per heavy atom. The van der Waals surface area contributed by atoms with Gasteiger partial charge in [0.15, 0.2) is 5.13 Å². The average molecular weight is 413 g/mol. The second-order valence-electron chi connectivity index (χ2n) is 6.65. The fourth-order valence-corrected chi connectivity index (χ4v) is 4.49. The minimum Gasteiger partial charge on any atom is -0.497 e. The van der Waals surface area contributed by atoms with Gasteiger partial charge in [-0.05, 0) is 24.3 Å². The van der Waals surface area contributed by atoms with Crippen molar-refractivity contribution >= 4 is 32.6 Å². The van der Waals surface area contributed by atoms with E-state index in [1.807, 2.05) is 17.0 Å². The van der Waals surface area contributed by atoms with Gasteiger partial charge >= 0.3 is 0 Å². The summed E-state index contributed by atoms with van der Waals surface area (Å²) >= 11 is 1.65. The SMILES string of the molecule is COc1ccc(C(=O)N2CCN(c3nc4c(OC)cccc4s3)CC2)c(OC)c1. The van der Waals surface area contributed by atoms with Crippen LogP contribution in [0.1, 0.15) is 10.4 Å². The third-order valence-corrected chi connectivity index (χ3v) is 6.15. The molecule has 0 aliphatic carbocycles. The maximum atomic E-state index is 13.0. The molecule has 4 rings (SSSR count). The standard InChI is InChI=1S/C21H23N3O4S/c1-26-14-7-8-15(17(13-14)28-3)20(25)23-9-11-24(12-10-23)21-22-19-16(27-2)5-4-6-18(19)29-21/h4-8,13H,9-12H2,1-3H3. The zero-order valence-corrected chi connectivity index (χ0v) is 17.5. The van der Waals surface area contributed by atoms with E-state index in [1.165, 1.54) is 0 Å². The molecule has 2 heterocycles. The molecule has 2 aromatic carbocycles. The lowest BCUT2D eigenvalue weighted by Gasteiger charge is -2.34. The van der Waals surface area contributed by atoms with Crippen LogP contribution in [0, 0.1) is 0 Å². The Morgan fingerprint density at radius 1 is 0.966 bits per heavy atom. The lowest BCUT2D eigenvalue weighted by molar-refractivity contribution is 0.0743. The van der Waals surface area contributed by atoms with E-state index < -0.39 is 0 Å². The second-order valence-corrected chi connectivity index (χ2v) is 7.66. The van der Waals surface area contributed by atoms with Gasteiger partial charge in [0, 0.05) is 32.2 Å². The molecule has 0 radical (unpaired) electrons. The third kappa shape index (κ3) is 3.67. The number of amides is 1. The first kappa shape index (κ1) is 19.3. The lowest BCUT2D eigenvalue weighted by Crippen LogP contribution is -2.48. The van der Waals surface area contributed by atoms with Crippen LogP contribution in [0.5, 0.6) is 17.2 Å². The van der Waals surface area contributed by atoms with E-state index in [9.17, 15) is 4.79 Å². The molecule has 152 valence electrons. The van der Waals surface area contributed by atoms with Gasteiger partial charge < -0.3 is 24.0 Å². The molecule has 0 spiro atoms. The molecule has 1 fully saturated rings. The number of piperazine rings is 1. The van der Waals surface area contributed by atoms with Crippen molar-refractivity contribution in [2.75, 3.05) is 52.4 Å². The van der Waals surface area contributed by atoms with Gasteiger partial charge in [0.2, 0.25) is 0 Å². The van der Waals surface area contributed by atoms with Crippen LogP contribution in [0.15, 0.2) is 36.4 Å². The molecule has 29 heavy (non-hydrogen) atoms. The number of anilines is 1. The summed E-state index contributed by atoms with van der Waals surface area (Å²) in [6.07, 6.45) is 0. The Balaban J connectivity index is 1.48. The molecule has 0 unspecified atom stereocenters. The molecule has 0 atom stereocenters. The Labute approximate surface area is 173 Å². The first-order valence-electron chi connectivity index (χ1n) is 9.34. The van der Waals surface area contributed by atoms with Crippen molar-refractivity contribution in [2.24, 2.45) is 0 Å². The maximum Gasteiger partial charge on any atom is 0.257 e. The van der Waals surface area contributed by atoms with E-state index in [2.05, 4.69) is 11.0 Å². The zero-order chi connectivity index (χ0) is 20.4. The molecule has 7 nitrogen and oxygen atoms in total. The van der Waals surface area contributed by atoms with E-state index in [0.717, 1.165) is 34.2 Å². The van der Waals surface area contributed by atoms with Crippen LogP contribution >= 0.6 is 11.3 Å². The monoisotopic (exact) mass is 413 g/mol. The molecule has 0 saturated carbocycles. The molecule has 1 saturated heterocycles. The maximum absolute atomic E-state index is 13.0. The number of hydrogen-bond acceptors (Lipinski definition) is 7. The van der Waals surface area contributed by atoms with Crippen LogP contribution in [0.4, 0.5) is 5.13 Å². The summed E-state index contributed by atoms with van der Waals surface area (Å²) in [7, 11) is 4.81. The highest BCUT2D eigenvalue weighted by Gasteiger charge is 2.26. The van der Waals surface area contributed by atoms with Crippen molar-refractivity contribution in [1.82, 2.24) is 9.88 Å². The predicted octanol–water partition coefficient (Wildman–Crippen LogP) is 3.28. The highest BCUT2D eigenvalue weighted by molar-refractivity contribution is 7.22. The molecule has 1 aliphatic rings. The van der Waals surface area contributed by atoms with Crippen LogP contribution < -0.4 is 19.1 Å². The van der Waals surface area contributed by atoms with Crippen molar-refractivity contribution in [3.05, 3.63) is 42.0 Å². The van der Waals surface area contributed by atoms with Crippen LogP contribution in [-0.4, -0.2) is 63.3 Å². The van der Waals surface area contributed by atoms with Crippen LogP contribution in [0.2, 0.25) is 0 Å². The summed E-state index contributed by atoms with van der Waals surface area (Å²) in [5, 5.41) is 0.957. The van der Waals surface area contributed by atoms with E-state index in [4.69, 9.17) is 19.2 Å². The van der Waals surface area contributed by atoms with E-state index in [-0.39, 0.29) is 5.91 Å². The topological polar surface area (TPSA) is 64.1 Å². The van der Waals surface area contributed by atoms with E-state index >= 15 is 0 Å². The number of thiazole rings is 1. The first-order valence-corrected chi connectivity index (χ1v) is 10.2. The molecular weight excluding hydrogens is 390 g/mol. The summed E-state index contributed by atoms with van der Waals surface area (Å²) in [6, 6.07) is 11.2. The normalized spacial score (nSPS) is 14.2. The summed E-state index contributed by atoms with van der Waals surface area (Å²) in [5.41, 5.74) is 1.43. The average Bonchev–Trinajstić information content (AvgIpc) is 3.22. The van der Waals surface area contributed by atoms with Gasteiger partial charge in [-0.25, -0.2) is 4.98 Å². The van der Waals surface area contributed by atoms with Crippen molar-refractivity contribution < 1.29 is 19.0 Å². The molecule has 3 aromatic rings. The molecular formula is C21H23N3O4S. The molecule has 0 bridgehead atoms. The molecule has 1 aliphatic heterocycles. The molecule has 0 N–H and O–H groups in total. The number of para-hydroxylation sites is 1. The first-order chi connectivity index (χ1) is 14.1. The van der Waals surface area contributed by atoms with E-state index in [0.29, 0.717) is 30.2 Å². The highest BCUT2D eigenvalue weighted by Crippen LogP contribution is 2.34. The van der Waals surface area contributed by atoms with Gasteiger partial charge in [0.1, 0.15) is 22.8 Å². The summed E-state index contributed by atoms with van der Waals surface area (Å²) < 4.78 is 17.1. The van der Waals surface area contributed by atoms with Crippen LogP contribution in [-0.2, 0) is 0 Å². The molecule has 8 heteroatoms. The summed E-state index contributed by atoms with van der Waals surface area (Å²) in [5.74, 6) is 1.94.